The highest BCUT2D eigenvalue weighted by Gasteiger charge is 2.51. The van der Waals surface area contributed by atoms with Gasteiger partial charge in [-0.3, -0.25) is 17.8 Å². The largest absolute Gasteiger partial charge is 0.512 e. The summed E-state index contributed by atoms with van der Waals surface area (Å²) < 4.78 is 236. The van der Waals surface area contributed by atoms with Gasteiger partial charge in [0.2, 0.25) is 9.05 Å². The third-order valence-electron chi connectivity index (χ3n) is 23.7. The average Bonchev–Trinajstić information content (AvgIpc) is 0.787. The number of nitrogens with one attached hydrogen (secondary N) is 2. The number of ether oxygens (including phenoxy) is 4. The summed E-state index contributed by atoms with van der Waals surface area (Å²) in [6.07, 6.45) is -21.2. The molecule has 38 heteroatoms. The Bertz CT molecular complexity index is 5370. The number of aryl methyl sites for hydroxylation is 4. The Labute approximate surface area is 797 Å². The van der Waals surface area contributed by atoms with Crippen LogP contribution in [-0.4, -0.2) is 129 Å². The van der Waals surface area contributed by atoms with Crippen molar-refractivity contribution in [1.29, 1.82) is 0 Å². The number of cyclic esters (lactones) is 4. The van der Waals surface area contributed by atoms with Crippen molar-refractivity contribution < 1.29 is 136 Å². The number of hydrogen-bond donors (Lipinski definition) is 8. The minimum atomic E-state index is -4.42. The van der Waals surface area contributed by atoms with Gasteiger partial charge in [-0.1, -0.05) is 198 Å². The van der Waals surface area contributed by atoms with Gasteiger partial charge in [-0.15, -0.1) is 0 Å². The second kappa shape index (κ2) is 49.3. The van der Waals surface area contributed by atoms with Crippen LogP contribution in [0.3, 0.4) is 0 Å². The first-order valence-corrected chi connectivity index (χ1v) is 48.4. The second-order valence-electron chi connectivity index (χ2n) is 34.0. The van der Waals surface area contributed by atoms with Crippen LogP contribution in [0.2, 0.25) is 0 Å². The van der Waals surface area contributed by atoms with Crippen LogP contribution in [0.5, 0.6) is 0 Å². The molecule has 0 amide bonds. The van der Waals surface area contributed by atoms with Gasteiger partial charge < -0.3 is 50.8 Å². The molecule has 4 aliphatic heterocycles. The molecule has 0 spiro atoms. The molecule has 0 aromatic heterocycles. The fourth-order valence-electron chi connectivity index (χ4n) is 16.4. The van der Waals surface area contributed by atoms with Gasteiger partial charge in [0.15, 0.2) is 0 Å². The Kier molecular flexibility index (Phi) is 39.9. The molecule has 0 aliphatic carbocycles. The molecule has 12 rings (SSSR count). The fourth-order valence-corrected chi connectivity index (χ4v) is 17.2. The van der Waals surface area contributed by atoms with Gasteiger partial charge >= 0.3 is 48.6 Å². The van der Waals surface area contributed by atoms with Crippen molar-refractivity contribution in [3.8, 4) is 0 Å². The maximum absolute atomic E-state index is 13.1. The van der Waals surface area contributed by atoms with Crippen molar-refractivity contribution in [3.63, 3.8) is 0 Å². The van der Waals surface area contributed by atoms with E-state index in [4.69, 9.17) is 30.4 Å². The SMILES string of the molecule is CC(C1=C(O)CC(CCc2ccccc2)(CCC(F)(F)F)OC1=O)c1cccc(N)c1.CC(C1=C(O)CC(CCc2ccccc2)(CCC(F)(F)F)OC1=O)c1cccc(N)c1.COS(=O)Nc1cccc(C(C)C2=C(O)CC(CCc3ccccc3)(CCC(F)(F)F)OC2=O)c1.COS(=O)Nc1cccc(C(C)C2=C(O)CC(CCc3ccccc3)(CCC(F)(F)F)OC2=O)c1.CS(=O)(=O)Cl. The summed E-state index contributed by atoms with van der Waals surface area (Å²) >= 11 is -3.50. The van der Waals surface area contributed by atoms with Gasteiger partial charge in [0.25, 0.3) is 22.5 Å². The van der Waals surface area contributed by atoms with Crippen molar-refractivity contribution in [2.24, 2.45) is 0 Å². The Balaban J connectivity index is 0.000000221. The van der Waals surface area contributed by atoms with E-state index in [9.17, 15) is 109 Å². The zero-order valence-corrected chi connectivity index (χ0v) is 79.2. The molecule has 4 aliphatic rings. The molecule has 10 N–H and O–H groups in total. The van der Waals surface area contributed by atoms with Gasteiger partial charge in [0.05, 0.1) is 42.8 Å². The first-order chi connectivity index (χ1) is 64.2. The van der Waals surface area contributed by atoms with E-state index in [0.29, 0.717) is 70.7 Å². The van der Waals surface area contributed by atoms with Crippen molar-refractivity contribution in [3.05, 3.63) is 308 Å². The van der Waals surface area contributed by atoms with Crippen LogP contribution in [0, 0.1) is 0 Å². The molecule has 137 heavy (non-hydrogen) atoms. The lowest BCUT2D eigenvalue weighted by Gasteiger charge is -2.38. The number of alkyl halides is 12. The lowest BCUT2D eigenvalue weighted by Crippen LogP contribution is -2.42. The maximum Gasteiger partial charge on any atom is 0.389 e. The molecule has 744 valence electrons. The van der Waals surface area contributed by atoms with Gasteiger partial charge in [0, 0.05) is 108 Å². The summed E-state index contributed by atoms with van der Waals surface area (Å²) in [4.78, 5) is 52.0. The number of hydrogen-bond acceptors (Lipinski definition) is 20. The van der Waals surface area contributed by atoms with E-state index < -0.39 is 178 Å². The Hall–Kier alpha value is -11.4. The summed E-state index contributed by atoms with van der Waals surface area (Å²) in [5.41, 5.74) is 14.3. The average molecular weight is 2000 g/mol. The first-order valence-electron chi connectivity index (χ1n) is 43.5. The zero-order valence-electron chi connectivity index (χ0n) is 76.0. The lowest BCUT2D eigenvalue weighted by atomic mass is 9.81. The molecule has 22 nitrogen and oxygen atoms in total. The zero-order chi connectivity index (χ0) is 101. The normalized spacial score (nSPS) is 20.1. The first kappa shape index (κ1) is 111. The van der Waals surface area contributed by atoms with Crippen LogP contribution in [0.25, 0.3) is 0 Å². The smallest absolute Gasteiger partial charge is 0.389 e. The Morgan fingerprint density at radius 1 is 0.365 bits per heavy atom. The number of nitrogen functional groups attached to an aromatic ring is 2. The topological polar surface area (TPSA) is 349 Å². The van der Waals surface area contributed by atoms with Crippen molar-refractivity contribution in [2.75, 3.05) is 41.4 Å². The minimum absolute atomic E-state index is 0.00245. The third-order valence-corrected chi connectivity index (χ3v) is 25.1. The molecule has 0 fully saturated rings. The van der Waals surface area contributed by atoms with E-state index in [1.807, 2.05) is 121 Å². The van der Waals surface area contributed by atoms with Gasteiger partial charge in [-0.05, 0) is 170 Å². The number of aliphatic hydroxyl groups is 4. The second-order valence-corrected chi connectivity index (χ2v) is 39.1. The van der Waals surface area contributed by atoms with E-state index >= 15 is 0 Å². The lowest BCUT2D eigenvalue weighted by molar-refractivity contribution is -0.173. The molecule has 8 aromatic carbocycles. The standard InChI is InChI=1S/2C25H28F3NO5S.2C24H26F3NO3.CH3ClO2S/c2*1-17(19-9-6-10-20(15-19)29-35(32)33-2)22-21(30)16-24(34-23(22)31,13-14-25(26,27)28)12-11-18-7-4-3-5-8-18;2*1-16(18-8-5-9-19(28)14-18)21-20(29)15-23(31-22(21)30,12-13-24(25,26)27)11-10-17-6-3-2-4-7-17;1-5(2,3)4/h2*3-10,15,17,29-30H,11-14,16H2,1-2H3;2*2-9,14,16,29H,10-13,15,28H2,1H3;1H3. The number of carbonyl (C=O) groups excluding carboxylic acids is 4. The predicted octanol–water partition coefficient (Wildman–Crippen LogP) is 23.7. The van der Waals surface area contributed by atoms with Gasteiger partial charge in [-0.2, -0.15) is 52.7 Å². The third kappa shape index (κ3) is 35.8. The summed E-state index contributed by atoms with van der Waals surface area (Å²) in [5, 5.41) is 43.3. The molecule has 0 saturated heterocycles. The molecule has 4 heterocycles. The molecule has 10 atom stereocenters. The van der Waals surface area contributed by atoms with Gasteiger partial charge in [-0.25, -0.2) is 36.0 Å². The van der Waals surface area contributed by atoms with Crippen LogP contribution in [0.1, 0.15) is 199 Å². The molecular weight excluding hydrogens is 1890 g/mol. The van der Waals surface area contributed by atoms with E-state index in [1.165, 1.54) is 14.2 Å². The van der Waals surface area contributed by atoms with Crippen LogP contribution >= 0.6 is 10.7 Å². The van der Waals surface area contributed by atoms with Crippen molar-refractivity contribution in [1.82, 2.24) is 0 Å². The summed E-state index contributed by atoms with van der Waals surface area (Å²) in [7, 11) is 3.86. The number of rotatable bonds is 34. The fraction of sp³-hybridized carbons (Fsp3) is 0.394. The number of halogens is 13. The molecule has 0 saturated carbocycles. The highest BCUT2D eigenvalue weighted by Crippen LogP contribution is 2.49. The van der Waals surface area contributed by atoms with E-state index in [-0.39, 0.29) is 96.7 Å². The van der Waals surface area contributed by atoms with Crippen LogP contribution < -0.4 is 20.9 Å². The van der Waals surface area contributed by atoms with E-state index in [0.717, 1.165) is 28.5 Å². The van der Waals surface area contributed by atoms with Crippen LogP contribution in [0.15, 0.2) is 264 Å². The molecule has 0 bridgehead atoms. The molecule has 8 aromatic rings. The minimum Gasteiger partial charge on any atom is -0.512 e. The number of benzene rings is 8. The quantitative estimate of drug-likeness (QED) is 0.00610. The number of esters is 4. The van der Waals surface area contributed by atoms with Crippen LogP contribution in [0.4, 0.5) is 75.4 Å². The molecule has 10 unspecified atom stereocenters. The monoisotopic (exact) mass is 2000 g/mol. The van der Waals surface area contributed by atoms with E-state index in [2.05, 4.69) is 28.5 Å². The molecular formula is C99H111ClF12N4O18S3. The van der Waals surface area contributed by atoms with Gasteiger partial charge in [0.1, 0.15) is 45.4 Å². The van der Waals surface area contributed by atoms with Crippen molar-refractivity contribution in [2.45, 2.75) is 227 Å². The number of nitrogens with two attached hydrogens (primary N) is 2. The Morgan fingerprint density at radius 2 is 0.569 bits per heavy atom. The summed E-state index contributed by atoms with van der Waals surface area (Å²) in [5.74, 6) is -6.48. The molecule has 0 radical (unpaired) electrons. The predicted molar refractivity (Wildman–Crippen MR) is 499 cm³/mol. The number of carbonyl (C=O) groups is 4. The van der Waals surface area contributed by atoms with E-state index in [1.54, 1.807) is 125 Å². The highest BCUT2D eigenvalue weighted by molar-refractivity contribution is 8.13. The summed E-state index contributed by atoms with van der Waals surface area (Å²) in [6, 6.07) is 64.1. The Morgan fingerprint density at radius 3 is 0.759 bits per heavy atom. The van der Waals surface area contributed by atoms with Crippen LogP contribution in [-0.2, 0) is 104 Å². The maximum atomic E-state index is 13.1. The highest BCUT2D eigenvalue weighted by atomic mass is 35.7. The van der Waals surface area contributed by atoms with Crippen molar-refractivity contribution >= 4 is 88.9 Å². The number of aliphatic hydroxyl groups excluding tert-OH is 4. The summed E-state index contributed by atoms with van der Waals surface area (Å²) in [6.45, 7) is 6.83. The number of anilines is 4.